The molecule has 1 aromatic carbocycles. The maximum atomic E-state index is 13.2. The molecule has 0 saturated heterocycles. The van der Waals surface area contributed by atoms with Crippen LogP contribution >= 0.6 is 0 Å². The first-order valence-electron chi connectivity index (χ1n) is 7.16. The summed E-state index contributed by atoms with van der Waals surface area (Å²) >= 11 is 0. The van der Waals surface area contributed by atoms with E-state index in [1.807, 2.05) is 0 Å². The van der Waals surface area contributed by atoms with Gasteiger partial charge in [-0.15, -0.1) is 0 Å². The van der Waals surface area contributed by atoms with Crippen molar-refractivity contribution in [2.45, 2.75) is 34.2 Å². The molecule has 0 unspecified atom stereocenters. The molecule has 0 heterocycles. The van der Waals surface area contributed by atoms with Gasteiger partial charge in [-0.05, 0) is 35.0 Å². The van der Waals surface area contributed by atoms with Crippen LogP contribution in [0.3, 0.4) is 0 Å². The molecular weight excluding hydrogens is 256 g/mol. The van der Waals surface area contributed by atoms with E-state index >= 15 is 0 Å². The predicted octanol–water partition coefficient (Wildman–Crippen LogP) is 1.62. The molecule has 3 nitrogen and oxygen atoms in total. The Morgan fingerprint density at radius 1 is 1.10 bits per heavy atom. The summed E-state index contributed by atoms with van der Waals surface area (Å²) in [6, 6.07) is 4.20. The first-order chi connectivity index (χ1) is 9.29. The van der Waals surface area contributed by atoms with E-state index in [9.17, 15) is 14.4 Å². The highest BCUT2D eigenvalue weighted by atomic mass is 19.1. The van der Waals surface area contributed by atoms with Crippen LogP contribution in [0.15, 0.2) is 18.2 Å². The van der Waals surface area contributed by atoms with Crippen molar-refractivity contribution in [2.24, 2.45) is 11.8 Å². The minimum absolute atomic E-state index is 0.252. The molecule has 2 N–H and O–H groups in total. The van der Waals surface area contributed by atoms with Crippen LogP contribution in [0.1, 0.15) is 33.3 Å². The van der Waals surface area contributed by atoms with Crippen molar-refractivity contribution in [3.05, 3.63) is 29.6 Å². The molecule has 20 heavy (non-hydrogen) atoms. The number of hydrogen-bond acceptors (Lipinski definition) is 3. The third-order valence-electron chi connectivity index (χ3n) is 3.03. The monoisotopic (exact) mass is 281 g/mol. The number of halogens is 1. The molecule has 0 atom stereocenters. The van der Waals surface area contributed by atoms with Crippen LogP contribution in [0.25, 0.3) is 0 Å². The first-order valence-corrected chi connectivity index (χ1v) is 7.16. The summed E-state index contributed by atoms with van der Waals surface area (Å²) in [6.07, 6.45) is 0. The molecule has 0 amide bonds. The molecule has 0 radical (unpaired) electrons. The maximum absolute atomic E-state index is 13.2. The Bertz CT molecular complexity index is 414. The summed E-state index contributed by atoms with van der Waals surface area (Å²) in [5, 5.41) is 18.8. The largest absolute Gasteiger partial charge is 0.488 e. The molecule has 0 fully saturated rings. The Labute approximate surface area is 121 Å². The molecule has 0 aliphatic carbocycles. The lowest BCUT2D eigenvalue weighted by Gasteiger charge is -2.27. The highest BCUT2D eigenvalue weighted by Crippen LogP contribution is 2.10. The Kier molecular flexibility index (Phi) is 6.66. The smallest absolute Gasteiger partial charge is 0.423 e. The number of rotatable bonds is 7. The van der Waals surface area contributed by atoms with Crippen LogP contribution in [0.2, 0.25) is 0 Å². The zero-order valence-corrected chi connectivity index (χ0v) is 12.8. The second-order valence-corrected chi connectivity index (χ2v) is 6.20. The van der Waals surface area contributed by atoms with Crippen molar-refractivity contribution < 1.29 is 14.4 Å². The highest BCUT2D eigenvalue weighted by molar-refractivity contribution is 6.59. The van der Waals surface area contributed by atoms with Crippen LogP contribution < -0.4 is 5.46 Å². The summed E-state index contributed by atoms with van der Waals surface area (Å²) in [5.41, 5.74) is 1.02. The predicted molar refractivity (Wildman–Crippen MR) is 81.2 cm³/mol. The number of benzene rings is 1. The van der Waals surface area contributed by atoms with E-state index in [0.29, 0.717) is 18.4 Å². The fraction of sp³-hybridized carbons (Fsp3) is 0.600. The molecule has 1 aromatic rings. The second-order valence-electron chi connectivity index (χ2n) is 6.20. The Hall–Kier alpha value is -0.905. The van der Waals surface area contributed by atoms with Crippen molar-refractivity contribution in [3.63, 3.8) is 0 Å². The van der Waals surface area contributed by atoms with Gasteiger partial charge in [-0.3, -0.25) is 4.90 Å². The van der Waals surface area contributed by atoms with Crippen molar-refractivity contribution >= 4 is 12.6 Å². The average Bonchev–Trinajstić information content (AvgIpc) is 2.29. The minimum Gasteiger partial charge on any atom is -0.423 e. The van der Waals surface area contributed by atoms with E-state index in [0.717, 1.165) is 18.7 Å². The topological polar surface area (TPSA) is 43.7 Å². The fourth-order valence-electron chi connectivity index (χ4n) is 2.43. The summed E-state index contributed by atoms with van der Waals surface area (Å²) in [5.74, 6) is 0.601. The van der Waals surface area contributed by atoms with Gasteiger partial charge in [-0.25, -0.2) is 4.39 Å². The lowest BCUT2D eigenvalue weighted by Crippen LogP contribution is -2.38. The van der Waals surface area contributed by atoms with Gasteiger partial charge in [0.25, 0.3) is 0 Å². The molecule has 0 aromatic heterocycles. The van der Waals surface area contributed by atoms with Gasteiger partial charge in [0.15, 0.2) is 0 Å². The van der Waals surface area contributed by atoms with Gasteiger partial charge in [0.1, 0.15) is 5.82 Å². The van der Waals surface area contributed by atoms with Crippen molar-refractivity contribution in [1.82, 2.24) is 4.90 Å². The molecule has 0 aliphatic rings. The van der Waals surface area contributed by atoms with E-state index in [1.54, 1.807) is 6.07 Å². The molecule has 0 bridgehead atoms. The lowest BCUT2D eigenvalue weighted by atomic mass is 9.76. The van der Waals surface area contributed by atoms with Gasteiger partial charge in [0.2, 0.25) is 0 Å². The van der Waals surface area contributed by atoms with Gasteiger partial charge in [-0.2, -0.15) is 0 Å². The van der Waals surface area contributed by atoms with Crippen LogP contribution in [0, 0.1) is 17.7 Å². The molecule has 1 rings (SSSR count). The van der Waals surface area contributed by atoms with E-state index in [-0.39, 0.29) is 5.46 Å². The standard InChI is InChI=1S/C15H25BFNO2/c1-11(2)8-18(9-12(3)4)10-13-5-6-14(17)7-15(13)16(19)20/h5-7,11-12,19-20H,8-10H2,1-4H3. The molecular formula is C15H25BFNO2. The molecule has 5 heteroatoms. The lowest BCUT2D eigenvalue weighted by molar-refractivity contribution is 0.211. The number of hydrogen-bond donors (Lipinski definition) is 2. The van der Waals surface area contributed by atoms with E-state index < -0.39 is 12.9 Å². The van der Waals surface area contributed by atoms with Crippen LogP contribution in [0.4, 0.5) is 4.39 Å². The fourth-order valence-corrected chi connectivity index (χ4v) is 2.43. The molecule has 0 aliphatic heterocycles. The molecule has 112 valence electrons. The Balaban J connectivity index is 2.92. The zero-order chi connectivity index (χ0) is 15.3. The van der Waals surface area contributed by atoms with E-state index in [1.165, 1.54) is 12.1 Å². The normalized spacial score (nSPS) is 11.7. The quantitative estimate of drug-likeness (QED) is 0.746. The minimum atomic E-state index is -1.64. The van der Waals surface area contributed by atoms with Crippen molar-refractivity contribution in [1.29, 1.82) is 0 Å². The van der Waals surface area contributed by atoms with Gasteiger partial charge >= 0.3 is 7.12 Å². The van der Waals surface area contributed by atoms with Crippen LogP contribution in [0.5, 0.6) is 0 Å². The third kappa shape index (κ3) is 5.61. The van der Waals surface area contributed by atoms with Crippen LogP contribution in [-0.4, -0.2) is 35.2 Å². The number of nitrogens with zero attached hydrogens (tertiary/aromatic N) is 1. The second kappa shape index (κ2) is 7.77. The van der Waals surface area contributed by atoms with Gasteiger partial charge < -0.3 is 10.0 Å². The molecule has 0 spiro atoms. The van der Waals surface area contributed by atoms with Crippen LogP contribution in [-0.2, 0) is 6.54 Å². The third-order valence-corrected chi connectivity index (χ3v) is 3.03. The van der Waals surface area contributed by atoms with Gasteiger partial charge in [0.05, 0.1) is 0 Å². The highest BCUT2D eigenvalue weighted by Gasteiger charge is 2.19. The average molecular weight is 281 g/mol. The zero-order valence-electron chi connectivity index (χ0n) is 12.8. The Morgan fingerprint density at radius 3 is 2.10 bits per heavy atom. The summed E-state index contributed by atoms with van der Waals surface area (Å²) in [4.78, 5) is 2.27. The molecule has 0 saturated carbocycles. The van der Waals surface area contributed by atoms with Crippen molar-refractivity contribution in [2.75, 3.05) is 13.1 Å². The Morgan fingerprint density at radius 2 is 1.65 bits per heavy atom. The SMILES string of the molecule is CC(C)CN(Cc1ccc(F)cc1B(O)O)CC(C)C. The van der Waals surface area contributed by atoms with Gasteiger partial charge in [-0.1, -0.05) is 33.8 Å². The summed E-state index contributed by atoms with van der Waals surface area (Å²) < 4.78 is 13.2. The van der Waals surface area contributed by atoms with Gasteiger partial charge in [0, 0.05) is 19.6 Å². The van der Waals surface area contributed by atoms with E-state index in [2.05, 4.69) is 32.6 Å². The summed E-state index contributed by atoms with van der Waals surface area (Å²) in [7, 11) is -1.64. The van der Waals surface area contributed by atoms with Crippen molar-refractivity contribution in [3.8, 4) is 0 Å². The van der Waals surface area contributed by atoms with E-state index in [4.69, 9.17) is 0 Å². The summed E-state index contributed by atoms with van der Waals surface area (Å²) in [6.45, 7) is 11.1. The first kappa shape index (κ1) is 17.1. The maximum Gasteiger partial charge on any atom is 0.488 e.